The van der Waals surface area contributed by atoms with Gasteiger partial charge in [-0.2, -0.15) is 4.98 Å². The standard InChI is InChI=1S/C11H15N5O/c1-16(2)6-4-10-14-11(17-15-10)8-3-5-13-9(12)7-8/h3,5,7H,4,6H2,1-2H3,(H2,12,13). The first-order valence-corrected chi connectivity index (χ1v) is 5.34. The number of hydrogen-bond acceptors (Lipinski definition) is 6. The third-order valence-corrected chi connectivity index (χ3v) is 2.28. The molecule has 0 amide bonds. The van der Waals surface area contributed by atoms with E-state index in [1.165, 1.54) is 0 Å². The van der Waals surface area contributed by atoms with Crippen molar-refractivity contribution in [1.82, 2.24) is 20.0 Å². The van der Waals surface area contributed by atoms with E-state index in [1.807, 2.05) is 14.1 Å². The van der Waals surface area contributed by atoms with Gasteiger partial charge in [0, 0.05) is 24.7 Å². The zero-order valence-corrected chi connectivity index (χ0v) is 9.92. The molecule has 2 heterocycles. The summed E-state index contributed by atoms with van der Waals surface area (Å²) in [5.41, 5.74) is 6.39. The van der Waals surface area contributed by atoms with Crippen LogP contribution < -0.4 is 5.73 Å². The van der Waals surface area contributed by atoms with E-state index in [2.05, 4.69) is 20.0 Å². The van der Waals surface area contributed by atoms with Crippen molar-refractivity contribution in [3.05, 3.63) is 24.2 Å². The number of pyridine rings is 1. The van der Waals surface area contributed by atoms with Gasteiger partial charge >= 0.3 is 0 Å². The van der Waals surface area contributed by atoms with E-state index < -0.39 is 0 Å². The van der Waals surface area contributed by atoms with Crippen LogP contribution in [0.3, 0.4) is 0 Å². The highest BCUT2D eigenvalue weighted by molar-refractivity contribution is 5.56. The Hall–Kier alpha value is -1.95. The Kier molecular flexibility index (Phi) is 3.34. The predicted octanol–water partition coefficient (Wildman–Crippen LogP) is 0.818. The molecule has 0 aliphatic rings. The number of rotatable bonds is 4. The van der Waals surface area contributed by atoms with Gasteiger partial charge in [0.25, 0.3) is 5.89 Å². The average Bonchev–Trinajstić information content (AvgIpc) is 2.75. The van der Waals surface area contributed by atoms with Crippen LogP contribution in [-0.2, 0) is 6.42 Å². The van der Waals surface area contributed by atoms with Crippen molar-refractivity contribution in [2.45, 2.75) is 6.42 Å². The number of nitrogens with zero attached hydrogens (tertiary/aromatic N) is 4. The Balaban J connectivity index is 2.12. The molecule has 2 rings (SSSR count). The van der Waals surface area contributed by atoms with E-state index in [9.17, 15) is 0 Å². The molecular weight excluding hydrogens is 218 g/mol. The molecule has 0 fully saturated rings. The maximum Gasteiger partial charge on any atom is 0.258 e. The fraction of sp³-hybridized carbons (Fsp3) is 0.364. The lowest BCUT2D eigenvalue weighted by molar-refractivity contribution is 0.392. The van der Waals surface area contributed by atoms with Crippen LogP contribution >= 0.6 is 0 Å². The van der Waals surface area contributed by atoms with Gasteiger partial charge in [-0.15, -0.1) is 0 Å². The summed E-state index contributed by atoms with van der Waals surface area (Å²) in [7, 11) is 4.01. The number of nitrogens with two attached hydrogens (primary N) is 1. The van der Waals surface area contributed by atoms with Crippen molar-refractivity contribution in [1.29, 1.82) is 0 Å². The molecule has 90 valence electrons. The van der Waals surface area contributed by atoms with Crippen LogP contribution in [0.15, 0.2) is 22.9 Å². The zero-order chi connectivity index (χ0) is 12.3. The number of likely N-dealkylation sites (N-methyl/N-ethyl adjacent to an activating group) is 1. The van der Waals surface area contributed by atoms with Gasteiger partial charge in [-0.3, -0.25) is 0 Å². The minimum absolute atomic E-state index is 0.440. The van der Waals surface area contributed by atoms with E-state index in [0.717, 1.165) is 18.5 Å². The van der Waals surface area contributed by atoms with Crippen molar-refractivity contribution in [2.75, 3.05) is 26.4 Å². The second-order valence-electron chi connectivity index (χ2n) is 4.04. The number of hydrogen-bond donors (Lipinski definition) is 1. The van der Waals surface area contributed by atoms with Crippen molar-refractivity contribution in [3.63, 3.8) is 0 Å². The summed E-state index contributed by atoms with van der Waals surface area (Å²) in [6.45, 7) is 0.886. The minimum atomic E-state index is 0.440. The number of nitrogen functional groups attached to an aromatic ring is 1. The molecule has 0 aliphatic heterocycles. The number of aromatic nitrogens is 3. The fourth-order valence-corrected chi connectivity index (χ4v) is 1.38. The molecule has 2 N–H and O–H groups in total. The maximum atomic E-state index is 5.59. The molecule has 0 bridgehead atoms. The summed E-state index contributed by atoms with van der Waals surface area (Å²) in [5.74, 6) is 1.62. The van der Waals surface area contributed by atoms with Gasteiger partial charge in [0.05, 0.1) is 0 Å². The second kappa shape index (κ2) is 4.92. The summed E-state index contributed by atoms with van der Waals surface area (Å²) in [4.78, 5) is 10.3. The highest BCUT2D eigenvalue weighted by atomic mass is 16.5. The largest absolute Gasteiger partial charge is 0.384 e. The lowest BCUT2D eigenvalue weighted by atomic mass is 10.2. The van der Waals surface area contributed by atoms with E-state index in [-0.39, 0.29) is 0 Å². The van der Waals surface area contributed by atoms with Gasteiger partial charge in [0.1, 0.15) is 5.82 Å². The lowest BCUT2D eigenvalue weighted by Crippen LogP contribution is -2.15. The van der Waals surface area contributed by atoms with Crippen LogP contribution in [0.5, 0.6) is 0 Å². The SMILES string of the molecule is CN(C)CCc1noc(-c2ccnc(N)c2)n1. The van der Waals surface area contributed by atoms with E-state index in [0.29, 0.717) is 17.5 Å². The molecule has 0 spiro atoms. The normalized spacial score (nSPS) is 11.0. The van der Waals surface area contributed by atoms with Crippen LogP contribution in [0, 0.1) is 0 Å². The first-order valence-electron chi connectivity index (χ1n) is 5.34. The second-order valence-corrected chi connectivity index (χ2v) is 4.04. The third-order valence-electron chi connectivity index (χ3n) is 2.28. The Morgan fingerprint density at radius 1 is 1.41 bits per heavy atom. The highest BCUT2D eigenvalue weighted by Crippen LogP contribution is 2.17. The molecule has 0 aromatic carbocycles. The Morgan fingerprint density at radius 2 is 2.24 bits per heavy atom. The van der Waals surface area contributed by atoms with Crippen molar-refractivity contribution < 1.29 is 4.52 Å². The molecule has 6 heteroatoms. The van der Waals surface area contributed by atoms with Crippen molar-refractivity contribution in [3.8, 4) is 11.5 Å². The molecular formula is C11H15N5O. The lowest BCUT2D eigenvalue weighted by Gasteiger charge is -2.05. The monoisotopic (exact) mass is 233 g/mol. The first-order chi connectivity index (χ1) is 8.15. The Labute approximate surface area is 99.5 Å². The smallest absolute Gasteiger partial charge is 0.258 e. The predicted molar refractivity (Wildman–Crippen MR) is 64.2 cm³/mol. The molecule has 0 saturated heterocycles. The summed E-state index contributed by atoms with van der Waals surface area (Å²) < 4.78 is 5.18. The molecule has 2 aromatic rings. The molecule has 2 aromatic heterocycles. The quantitative estimate of drug-likeness (QED) is 0.842. The molecule has 0 atom stereocenters. The van der Waals surface area contributed by atoms with Gasteiger partial charge in [0.2, 0.25) is 0 Å². The van der Waals surface area contributed by atoms with Gasteiger partial charge in [-0.25, -0.2) is 4.98 Å². The van der Waals surface area contributed by atoms with Crippen LogP contribution in [0.2, 0.25) is 0 Å². The zero-order valence-electron chi connectivity index (χ0n) is 9.92. The molecule has 0 unspecified atom stereocenters. The summed E-state index contributed by atoms with van der Waals surface area (Å²) in [6, 6.07) is 3.50. The van der Waals surface area contributed by atoms with Crippen molar-refractivity contribution >= 4 is 5.82 Å². The van der Waals surface area contributed by atoms with Crippen LogP contribution in [-0.4, -0.2) is 40.7 Å². The third kappa shape index (κ3) is 3.01. The molecule has 17 heavy (non-hydrogen) atoms. The fourth-order valence-electron chi connectivity index (χ4n) is 1.38. The molecule has 0 saturated carbocycles. The van der Waals surface area contributed by atoms with Gasteiger partial charge < -0.3 is 15.2 Å². The van der Waals surface area contributed by atoms with Crippen LogP contribution in [0.4, 0.5) is 5.82 Å². The minimum Gasteiger partial charge on any atom is -0.384 e. The highest BCUT2D eigenvalue weighted by Gasteiger charge is 2.09. The number of anilines is 1. The topological polar surface area (TPSA) is 81.1 Å². The maximum absolute atomic E-state index is 5.59. The average molecular weight is 233 g/mol. The summed E-state index contributed by atoms with van der Waals surface area (Å²) >= 11 is 0. The molecule has 0 aliphatic carbocycles. The Morgan fingerprint density at radius 3 is 2.94 bits per heavy atom. The van der Waals surface area contributed by atoms with Crippen LogP contribution in [0.25, 0.3) is 11.5 Å². The van der Waals surface area contributed by atoms with Gasteiger partial charge in [-0.05, 0) is 26.2 Å². The first kappa shape index (κ1) is 11.5. The molecule has 0 radical (unpaired) electrons. The Bertz CT molecular complexity index is 494. The van der Waals surface area contributed by atoms with Gasteiger partial charge in [0.15, 0.2) is 5.82 Å². The van der Waals surface area contributed by atoms with E-state index in [4.69, 9.17) is 10.3 Å². The summed E-state index contributed by atoms with van der Waals surface area (Å²) in [6.07, 6.45) is 2.38. The van der Waals surface area contributed by atoms with E-state index >= 15 is 0 Å². The van der Waals surface area contributed by atoms with E-state index in [1.54, 1.807) is 18.3 Å². The van der Waals surface area contributed by atoms with Crippen molar-refractivity contribution in [2.24, 2.45) is 0 Å². The molecule has 6 nitrogen and oxygen atoms in total. The van der Waals surface area contributed by atoms with Gasteiger partial charge in [-0.1, -0.05) is 5.16 Å². The summed E-state index contributed by atoms with van der Waals surface area (Å²) in [5, 5.41) is 3.92. The van der Waals surface area contributed by atoms with Crippen LogP contribution in [0.1, 0.15) is 5.82 Å².